The molecule has 5 heteroatoms. The van der Waals surface area contributed by atoms with Crippen LogP contribution in [0.15, 0.2) is 36.9 Å². The van der Waals surface area contributed by atoms with E-state index in [1.807, 2.05) is 44.2 Å². The quantitative estimate of drug-likeness (QED) is 0.833. The third-order valence-electron chi connectivity index (χ3n) is 3.56. The third kappa shape index (κ3) is 3.36. The van der Waals surface area contributed by atoms with Gasteiger partial charge in [0.25, 0.3) is 5.91 Å². The van der Waals surface area contributed by atoms with Crippen LogP contribution in [0.2, 0.25) is 0 Å². The highest BCUT2D eigenvalue weighted by Crippen LogP contribution is 2.16. The Morgan fingerprint density at radius 2 is 2.05 bits per heavy atom. The summed E-state index contributed by atoms with van der Waals surface area (Å²) in [6, 6.07) is 7.43. The van der Waals surface area contributed by atoms with Crippen LogP contribution in [0.3, 0.4) is 0 Å². The molecule has 0 amide bonds. The second kappa shape index (κ2) is 6.93. The van der Waals surface area contributed by atoms with Crippen LogP contribution in [0, 0.1) is 13.8 Å². The lowest BCUT2D eigenvalue weighted by molar-refractivity contribution is 0.0910. The van der Waals surface area contributed by atoms with Crippen LogP contribution < -0.4 is 10.1 Å². The average Bonchev–Trinajstić information content (AvgIpc) is 2.81. The summed E-state index contributed by atoms with van der Waals surface area (Å²) in [4.78, 5) is 12.3. The number of aromatic nitrogens is 2. The van der Waals surface area contributed by atoms with Crippen molar-refractivity contribution in [2.75, 3.05) is 19.0 Å². The Bertz CT molecular complexity index is 672. The zero-order chi connectivity index (χ0) is 16.1. The number of allylic oxidation sites excluding steroid dienone is 1. The van der Waals surface area contributed by atoms with Crippen molar-refractivity contribution < 1.29 is 9.53 Å². The summed E-state index contributed by atoms with van der Waals surface area (Å²) in [5, 5.41) is 7.42. The molecule has 116 valence electrons. The molecule has 5 nitrogen and oxygen atoms in total. The molecule has 1 N–H and O–H groups in total. The molecule has 1 aromatic carbocycles. The highest BCUT2D eigenvalue weighted by Gasteiger charge is 2.15. The first kappa shape index (κ1) is 15.8. The molecular weight excluding hydrogens is 278 g/mol. The van der Waals surface area contributed by atoms with E-state index in [1.165, 1.54) is 4.68 Å². The fourth-order valence-electron chi connectivity index (χ4n) is 2.32. The van der Waals surface area contributed by atoms with Crippen molar-refractivity contribution >= 4 is 11.6 Å². The molecule has 1 aromatic heterocycles. The molecule has 0 radical (unpaired) electrons. The van der Waals surface area contributed by atoms with Gasteiger partial charge in [-0.05, 0) is 44.5 Å². The topological polar surface area (TPSA) is 56.2 Å². The lowest BCUT2D eigenvalue weighted by Crippen LogP contribution is -2.23. The largest absolute Gasteiger partial charge is 0.497 e. The number of nitrogens with zero attached hydrogens (tertiary/aromatic N) is 2. The maximum absolute atomic E-state index is 12.3. The van der Waals surface area contributed by atoms with Gasteiger partial charge in [-0.3, -0.25) is 4.79 Å². The number of anilines is 1. The second-order valence-electron chi connectivity index (χ2n) is 5.03. The molecule has 0 atom stereocenters. The van der Waals surface area contributed by atoms with Gasteiger partial charge in [-0.25, -0.2) is 4.68 Å². The minimum absolute atomic E-state index is 0.0910. The van der Waals surface area contributed by atoms with Crippen molar-refractivity contribution in [3.8, 4) is 5.75 Å². The van der Waals surface area contributed by atoms with E-state index in [0.29, 0.717) is 0 Å². The summed E-state index contributed by atoms with van der Waals surface area (Å²) in [7, 11) is 1.62. The summed E-state index contributed by atoms with van der Waals surface area (Å²) in [5.41, 5.74) is 3.67. The summed E-state index contributed by atoms with van der Waals surface area (Å²) in [6.45, 7) is 7.74. The van der Waals surface area contributed by atoms with Gasteiger partial charge in [-0.15, -0.1) is 6.58 Å². The van der Waals surface area contributed by atoms with Gasteiger partial charge >= 0.3 is 0 Å². The molecule has 0 saturated heterocycles. The molecule has 0 bridgehead atoms. The molecule has 0 aliphatic carbocycles. The Morgan fingerprint density at radius 3 is 2.64 bits per heavy atom. The summed E-state index contributed by atoms with van der Waals surface area (Å²) < 4.78 is 6.56. The number of hydrogen-bond acceptors (Lipinski definition) is 4. The van der Waals surface area contributed by atoms with Crippen LogP contribution in [0.25, 0.3) is 0 Å². The molecule has 0 aliphatic rings. The monoisotopic (exact) mass is 299 g/mol. The van der Waals surface area contributed by atoms with Crippen LogP contribution in [-0.4, -0.2) is 29.3 Å². The smallest absolute Gasteiger partial charge is 0.266 e. The summed E-state index contributed by atoms with van der Waals surface area (Å²) in [6.07, 6.45) is 2.54. The van der Waals surface area contributed by atoms with Gasteiger partial charge < -0.3 is 10.1 Å². The number of benzene rings is 1. The second-order valence-corrected chi connectivity index (χ2v) is 5.03. The van der Waals surface area contributed by atoms with E-state index in [0.717, 1.165) is 34.8 Å². The van der Waals surface area contributed by atoms with Crippen molar-refractivity contribution in [2.24, 2.45) is 0 Å². The fourth-order valence-corrected chi connectivity index (χ4v) is 2.32. The average molecular weight is 299 g/mol. The number of nitrogens with one attached hydrogen (secondary N) is 1. The van der Waals surface area contributed by atoms with Gasteiger partial charge in [0.1, 0.15) is 5.75 Å². The number of carbonyl (C=O) groups excluding carboxylic acids is 1. The molecule has 1 heterocycles. The van der Waals surface area contributed by atoms with Crippen molar-refractivity contribution in [1.82, 2.24) is 9.78 Å². The number of hydrogen-bond donors (Lipinski definition) is 1. The summed E-state index contributed by atoms with van der Waals surface area (Å²) >= 11 is 0. The Labute approximate surface area is 130 Å². The van der Waals surface area contributed by atoms with Crippen LogP contribution in [0.1, 0.15) is 21.7 Å². The van der Waals surface area contributed by atoms with E-state index < -0.39 is 0 Å². The molecule has 2 rings (SSSR count). The third-order valence-corrected chi connectivity index (χ3v) is 3.56. The number of methoxy groups -OCH3 is 1. The molecule has 0 fully saturated rings. The van der Waals surface area contributed by atoms with E-state index in [2.05, 4.69) is 17.0 Å². The number of ether oxygens (including phenoxy) is 1. The first-order chi connectivity index (χ1) is 10.6. The first-order valence-electron chi connectivity index (χ1n) is 7.14. The maximum Gasteiger partial charge on any atom is 0.266 e. The van der Waals surface area contributed by atoms with Gasteiger partial charge in [0.2, 0.25) is 0 Å². The summed E-state index contributed by atoms with van der Waals surface area (Å²) in [5.74, 6) is 0.691. The molecule has 2 aromatic rings. The van der Waals surface area contributed by atoms with E-state index in [9.17, 15) is 4.79 Å². The van der Waals surface area contributed by atoms with Crippen LogP contribution >= 0.6 is 0 Å². The maximum atomic E-state index is 12.3. The van der Waals surface area contributed by atoms with E-state index in [-0.39, 0.29) is 12.5 Å². The van der Waals surface area contributed by atoms with E-state index >= 15 is 0 Å². The normalized spacial score (nSPS) is 10.3. The Kier molecular flexibility index (Phi) is 4.99. The van der Waals surface area contributed by atoms with E-state index in [1.54, 1.807) is 7.11 Å². The van der Waals surface area contributed by atoms with Crippen molar-refractivity contribution in [1.29, 1.82) is 0 Å². The van der Waals surface area contributed by atoms with Gasteiger partial charge in [0, 0.05) is 16.9 Å². The predicted molar refractivity (Wildman–Crippen MR) is 87.7 cm³/mol. The zero-order valence-electron chi connectivity index (χ0n) is 13.2. The number of aryl methyl sites for hydroxylation is 1. The number of carbonyl (C=O) groups is 1. The van der Waals surface area contributed by atoms with Crippen LogP contribution in [0.5, 0.6) is 5.75 Å². The Morgan fingerprint density at radius 1 is 1.36 bits per heavy atom. The van der Waals surface area contributed by atoms with Gasteiger partial charge in [0.15, 0.2) is 0 Å². The minimum atomic E-state index is -0.0910. The molecule has 0 unspecified atom stereocenters. The van der Waals surface area contributed by atoms with Crippen molar-refractivity contribution in [3.63, 3.8) is 0 Å². The lowest BCUT2D eigenvalue weighted by Gasteiger charge is -2.08. The van der Waals surface area contributed by atoms with E-state index in [4.69, 9.17) is 4.74 Å². The van der Waals surface area contributed by atoms with Crippen molar-refractivity contribution in [3.05, 3.63) is 53.9 Å². The standard InChI is InChI=1S/C17H21N3O2/c1-5-6-16-12(2)19-20(13(16)3)17(21)11-18-14-7-9-15(22-4)10-8-14/h5,7-10,18H,1,6,11H2,2-4H3. The molecular formula is C17H21N3O2. The van der Waals surface area contributed by atoms with Gasteiger partial charge in [-0.1, -0.05) is 6.08 Å². The van der Waals surface area contributed by atoms with Crippen LogP contribution in [-0.2, 0) is 6.42 Å². The molecule has 0 spiro atoms. The minimum Gasteiger partial charge on any atom is -0.497 e. The zero-order valence-corrected chi connectivity index (χ0v) is 13.2. The van der Waals surface area contributed by atoms with Gasteiger partial charge in [0.05, 0.1) is 19.3 Å². The van der Waals surface area contributed by atoms with Crippen molar-refractivity contribution in [2.45, 2.75) is 20.3 Å². The highest BCUT2D eigenvalue weighted by atomic mass is 16.5. The lowest BCUT2D eigenvalue weighted by atomic mass is 10.1. The number of rotatable bonds is 6. The SMILES string of the molecule is C=CCc1c(C)nn(C(=O)CNc2ccc(OC)cc2)c1C. The Balaban J connectivity index is 2.05. The predicted octanol–water partition coefficient (Wildman–Crippen LogP) is 2.99. The molecule has 0 saturated carbocycles. The molecule has 22 heavy (non-hydrogen) atoms. The Hall–Kier alpha value is -2.56. The fraction of sp³-hybridized carbons (Fsp3) is 0.294. The van der Waals surface area contributed by atoms with Crippen LogP contribution in [0.4, 0.5) is 5.69 Å². The highest BCUT2D eigenvalue weighted by molar-refractivity contribution is 5.83. The molecule has 0 aliphatic heterocycles. The van der Waals surface area contributed by atoms with Gasteiger partial charge in [-0.2, -0.15) is 5.10 Å². The first-order valence-corrected chi connectivity index (χ1v) is 7.14.